The van der Waals surface area contributed by atoms with Crippen LogP contribution in [0.25, 0.3) is 0 Å². The summed E-state index contributed by atoms with van der Waals surface area (Å²) in [4.78, 5) is 92.1. The van der Waals surface area contributed by atoms with E-state index in [2.05, 4.69) is 5.32 Å². The molecule has 13 atom stereocenters. The third-order valence-electron chi connectivity index (χ3n) is 14.9. The Labute approximate surface area is 448 Å². The van der Waals surface area contributed by atoms with E-state index in [9.17, 15) is 74.4 Å². The third-order valence-corrected chi connectivity index (χ3v) is 14.9. The van der Waals surface area contributed by atoms with Crippen LogP contribution < -0.4 is 14.8 Å². The molecule has 7 aliphatic rings. The Bertz CT molecular complexity index is 2940. The van der Waals surface area contributed by atoms with Gasteiger partial charge in [0.1, 0.15) is 66.2 Å². The molecule has 0 spiro atoms. The first-order valence-corrected chi connectivity index (χ1v) is 24.9. The van der Waals surface area contributed by atoms with Crippen LogP contribution in [0.3, 0.4) is 0 Å². The summed E-state index contributed by atoms with van der Waals surface area (Å²) >= 11 is 0. The number of aromatic hydroxyl groups is 2. The fourth-order valence-electron chi connectivity index (χ4n) is 11.0. The number of imide groups is 1. The van der Waals surface area contributed by atoms with E-state index in [1.54, 1.807) is 26.1 Å². The predicted molar refractivity (Wildman–Crippen MR) is 261 cm³/mol. The molecule has 0 bridgehead atoms. The quantitative estimate of drug-likeness (QED) is 0.0554. The highest BCUT2D eigenvalue weighted by atomic mass is 16.7. The number of amides is 3. The van der Waals surface area contributed by atoms with Gasteiger partial charge in [-0.05, 0) is 37.7 Å². The molecule has 4 fully saturated rings. The second-order valence-electron chi connectivity index (χ2n) is 19.6. The maximum Gasteiger partial charge on any atom is 0.412 e. The van der Waals surface area contributed by atoms with Crippen LogP contribution in [0.2, 0.25) is 0 Å². The summed E-state index contributed by atoms with van der Waals surface area (Å²) in [6.45, 7) is 1.14. The topological polar surface area (TPSA) is 377 Å². The number of ketones is 3. The molecule has 10 rings (SSSR count). The normalized spacial score (nSPS) is 30.8. The lowest BCUT2D eigenvalue weighted by Gasteiger charge is -2.45. The van der Waals surface area contributed by atoms with E-state index >= 15 is 0 Å². The van der Waals surface area contributed by atoms with Crippen LogP contribution >= 0.6 is 0 Å². The summed E-state index contributed by atoms with van der Waals surface area (Å²) in [6, 6.07) is 9.88. The lowest BCUT2D eigenvalue weighted by atomic mass is 9.72. The lowest BCUT2D eigenvalue weighted by Crippen LogP contribution is -2.62. The molecule has 424 valence electrons. The van der Waals surface area contributed by atoms with Crippen molar-refractivity contribution in [3.63, 3.8) is 0 Å². The first-order chi connectivity index (χ1) is 37.7. The second kappa shape index (κ2) is 22.6. The van der Waals surface area contributed by atoms with Crippen molar-refractivity contribution >= 4 is 41.2 Å². The van der Waals surface area contributed by atoms with Crippen molar-refractivity contribution < 1.29 is 112 Å². The van der Waals surface area contributed by atoms with Crippen LogP contribution in [0, 0.1) is 0 Å². The van der Waals surface area contributed by atoms with Crippen molar-refractivity contribution in [3.05, 3.63) is 93.6 Å². The van der Waals surface area contributed by atoms with Gasteiger partial charge in [-0.2, -0.15) is 0 Å². The lowest BCUT2D eigenvalue weighted by molar-refractivity contribution is -0.271. The molecule has 0 radical (unpaired) electrons. The number of hydrogen-bond donors (Lipinski definition) is 9. The van der Waals surface area contributed by atoms with Crippen molar-refractivity contribution in [2.24, 2.45) is 0 Å². The molecular weight excluding hydrogens is 1050 g/mol. The monoisotopic (exact) mass is 1110 g/mol. The number of benzene rings is 3. The van der Waals surface area contributed by atoms with E-state index in [4.69, 9.17) is 37.9 Å². The van der Waals surface area contributed by atoms with Gasteiger partial charge in [-0.1, -0.05) is 24.3 Å². The molecule has 2 aliphatic carbocycles. The number of aliphatic hydroxyl groups excluding tert-OH is 4. The Kier molecular flexibility index (Phi) is 16.2. The number of rotatable bonds is 13. The van der Waals surface area contributed by atoms with Crippen LogP contribution in [0.1, 0.15) is 74.4 Å². The number of phenols is 2. The van der Waals surface area contributed by atoms with Gasteiger partial charge in [-0.15, -0.1) is 0 Å². The summed E-state index contributed by atoms with van der Waals surface area (Å²) in [5.41, 5.74) is -3.45. The summed E-state index contributed by atoms with van der Waals surface area (Å²) in [6.07, 6.45) is -13.8. The summed E-state index contributed by atoms with van der Waals surface area (Å²) in [5.74, 6) is -5.96. The Morgan fingerprint density at radius 1 is 0.861 bits per heavy atom. The summed E-state index contributed by atoms with van der Waals surface area (Å²) in [5, 5.41) is 87.6. The predicted octanol–water partition coefficient (Wildman–Crippen LogP) is -1.31. The van der Waals surface area contributed by atoms with Gasteiger partial charge in [-0.3, -0.25) is 38.7 Å². The number of nitrogens with zero attached hydrogens (tertiary/aromatic N) is 3. The van der Waals surface area contributed by atoms with E-state index < -0.39 is 151 Å². The Balaban J connectivity index is 0.000000683. The van der Waals surface area contributed by atoms with E-state index in [0.29, 0.717) is 5.56 Å². The number of carboxylic acids is 1. The summed E-state index contributed by atoms with van der Waals surface area (Å²) < 4.78 is 46.8. The van der Waals surface area contributed by atoms with E-state index in [1.165, 1.54) is 61.6 Å². The molecule has 5 aliphatic heterocycles. The van der Waals surface area contributed by atoms with Crippen molar-refractivity contribution in [1.82, 2.24) is 20.0 Å². The molecule has 0 unspecified atom stereocenters. The fraction of sp³-hybridized carbons (Fsp3) is 0.481. The van der Waals surface area contributed by atoms with Gasteiger partial charge in [-0.25, -0.2) is 9.59 Å². The number of fused-ring (bicyclic) bond motifs is 6. The zero-order valence-electron chi connectivity index (χ0n) is 42.8. The molecule has 27 heteroatoms. The van der Waals surface area contributed by atoms with Crippen molar-refractivity contribution in [2.45, 2.75) is 112 Å². The highest BCUT2D eigenvalue weighted by Gasteiger charge is 2.57. The molecule has 9 N–H and O–H groups in total. The number of piperazine rings is 1. The van der Waals surface area contributed by atoms with Crippen LogP contribution in [-0.4, -0.2) is 218 Å². The van der Waals surface area contributed by atoms with Crippen molar-refractivity contribution in [3.8, 4) is 23.0 Å². The van der Waals surface area contributed by atoms with Crippen molar-refractivity contribution in [1.29, 1.82) is 0 Å². The highest BCUT2D eigenvalue weighted by molar-refractivity contribution is 6.31. The molecular formula is C52H58N4O23. The van der Waals surface area contributed by atoms with E-state index in [-0.39, 0.29) is 78.4 Å². The Hall–Kier alpha value is -6.99. The fourth-order valence-corrected chi connectivity index (χ4v) is 11.0. The number of Topliss-reactive ketones (excluding diaryl/α,β-unsaturated/α-hetero) is 1. The van der Waals surface area contributed by atoms with Gasteiger partial charge < -0.3 is 84.1 Å². The minimum absolute atomic E-state index is 0.0599. The van der Waals surface area contributed by atoms with Gasteiger partial charge in [0.25, 0.3) is 11.8 Å². The second-order valence-corrected chi connectivity index (χ2v) is 19.6. The number of aliphatic hydroxyl groups is 5. The first-order valence-electron chi connectivity index (χ1n) is 24.9. The molecule has 3 aromatic rings. The number of phenolic OH excluding ortho intramolecular Hbond substituents is 2. The molecule has 27 nitrogen and oxygen atoms in total. The number of ether oxygens (including phenoxy) is 8. The van der Waals surface area contributed by atoms with Crippen LogP contribution in [-0.2, 0) is 60.6 Å². The smallest absolute Gasteiger partial charge is 0.412 e. The standard InChI is InChI=1S/C46H50N2O21.C6H8N2O2/c1-18-39-23(47-11-12-48(41(63-3)42(47)68-39)45(60)64-17-19-7-9-20(10-8-19)66-44-38(57)36(55)37(56)40(69-44)43(58)59)13-27(65-18)67-25-15-46(61,26(50)16-49)14-22-29(25)35(54)31-30(33(22)52)32(51)21-5-4-6-24(62-2)28(21)34(31)53;1-7-4-8-5(9)2-3-6(8)10/h4-10,18,23,25,27,36-42,44,49,52,54-57,61H,11-17H2,1-3H3,(H,58,59);2-3,7H,4H2,1H3/t18-,23-,25-,27-,36-,37-,38+,39+,40-,41+,42+,44+,46-;/m0./s1. The van der Waals surface area contributed by atoms with Crippen molar-refractivity contribution in [2.75, 3.05) is 47.6 Å². The number of nitrogens with one attached hydrogen (secondary N) is 1. The van der Waals surface area contributed by atoms with Crippen LogP contribution in [0.5, 0.6) is 23.0 Å². The average molecular weight is 1110 g/mol. The Morgan fingerprint density at radius 2 is 1.56 bits per heavy atom. The van der Waals surface area contributed by atoms with Gasteiger partial charge in [0.2, 0.25) is 12.1 Å². The molecule has 3 aromatic carbocycles. The maximum absolute atomic E-state index is 14.1. The first kappa shape index (κ1) is 56.7. The number of carbonyl (C=O) groups excluding carboxylic acids is 6. The van der Waals surface area contributed by atoms with Gasteiger partial charge in [0.05, 0.1) is 42.7 Å². The number of hydrogen-bond acceptors (Lipinski definition) is 24. The average Bonchev–Trinajstić information content (AvgIpc) is 3.26. The van der Waals surface area contributed by atoms with Gasteiger partial charge in [0.15, 0.2) is 36.4 Å². The molecule has 0 aromatic heterocycles. The highest BCUT2D eigenvalue weighted by Crippen LogP contribution is 2.53. The number of aliphatic carboxylic acids is 1. The molecule has 79 heavy (non-hydrogen) atoms. The van der Waals surface area contributed by atoms with Crippen LogP contribution in [0.15, 0.2) is 54.6 Å². The van der Waals surface area contributed by atoms with Crippen LogP contribution in [0.4, 0.5) is 4.79 Å². The van der Waals surface area contributed by atoms with Gasteiger partial charge >= 0.3 is 12.1 Å². The molecule has 0 saturated carbocycles. The third kappa shape index (κ3) is 10.3. The summed E-state index contributed by atoms with van der Waals surface area (Å²) in [7, 11) is 4.39. The SMILES string of the molecule is CNCN1C(=O)C=CC1=O.COc1cccc2c1C(=O)c1c(O)c3c(c(O)c1C2=O)C[C@@](O)(C(=O)CO)C[C@@H]3O[C@H]1C[C@H]2[C@H](O[C@@H]3[C@@H](OC)N(C(=O)OCc4ccc(O[C@@H]5O[C@H](C(=O)O)[C@@H](O)[C@H](O)[C@H]5O)cc4)CCN32)[C@H](C)O1. The largest absolute Gasteiger partial charge is 0.507 e. The molecule has 5 heterocycles. The maximum atomic E-state index is 14.1. The minimum atomic E-state index is -2.34. The Morgan fingerprint density at radius 3 is 2.20 bits per heavy atom. The molecule has 3 amide bonds. The number of carbonyl (C=O) groups is 7. The molecule has 4 saturated heterocycles. The minimum Gasteiger partial charge on any atom is -0.507 e. The van der Waals surface area contributed by atoms with E-state index in [1.807, 2.05) is 4.90 Å². The zero-order chi connectivity index (χ0) is 56.9. The zero-order valence-corrected chi connectivity index (χ0v) is 42.8. The van der Waals surface area contributed by atoms with Gasteiger partial charge in [0, 0.05) is 74.3 Å². The van der Waals surface area contributed by atoms with E-state index in [0.717, 1.165) is 4.90 Å². The number of carboxylic acid groups (broad SMARTS) is 1. The number of methoxy groups -OCH3 is 2.